The van der Waals surface area contributed by atoms with Crippen LogP contribution in [0.15, 0.2) is 34.1 Å². The number of hydrogen-bond acceptors (Lipinski definition) is 6. The summed E-state index contributed by atoms with van der Waals surface area (Å²) in [7, 11) is 3.28. The maximum Gasteiger partial charge on any atom is 0.133 e. The van der Waals surface area contributed by atoms with Crippen molar-refractivity contribution in [3.8, 4) is 23.0 Å². The van der Waals surface area contributed by atoms with E-state index in [1.54, 1.807) is 37.7 Å². The Morgan fingerprint density at radius 1 is 0.667 bits per heavy atom. The molecule has 0 spiro atoms. The number of aromatic hydroxyl groups is 2. The van der Waals surface area contributed by atoms with Crippen LogP contribution >= 0.6 is 23.5 Å². The number of phenolic OH excluding ortho intramolecular Hbond substituents is 2. The van der Waals surface area contributed by atoms with Crippen LogP contribution in [0.3, 0.4) is 0 Å². The van der Waals surface area contributed by atoms with Crippen molar-refractivity contribution in [1.82, 2.24) is 0 Å². The number of methoxy groups -OCH3 is 2. The van der Waals surface area contributed by atoms with Crippen LogP contribution in [0, 0.1) is 0 Å². The highest BCUT2D eigenvalue weighted by atomic mass is 32.2. The van der Waals surface area contributed by atoms with Gasteiger partial charge in [0.15, 0.2) is 0 Å². The molecule has 0 radical (unpaired) electrons. The van der Waals surface area contributed by atoms with Gasteiger partial charge in [-0.2, -0.15) is 0 Å². The van der Waals surface area contributed by atoms with Gasteiger partial charge in [0.1, 0.15) is 23.0 Å². The van der Waals surface area contributed by atoms with Gasteiger partial charge in [-0.05, 0) is 35.1 Å². The zero-order valence-corrected chi connectivity index (χ0v) is 20.9. The van der Waals surface area contributed by atoms with Gasteiger partial charge in [0.05, 0.1) is 24.0 Å². The molecule has 0 saturated heterocycles. The molecule has 2 aromatic rings. The molecule has 0 aliphatic carbocycles. The molecule has 2 aromatic carbocycles. The average molecular weight is 451 g/mol. The topological polar surface area (TPSA) is 58.9 Å². The minimum Gasteiger partial charge on any atom is -0.506 e. The third-order valence-electron chi connectivity index (χ3n) is 4.78. The first-order valence-corrected chi connectivity index (χ1v) is 11.9. The monoisotopic (exact) mass is 450 g/mol. The summed E-state index contributed by atoms with van der Waals surface area (Å²) in [5.74, 6) is 3.67. The van der Waals surface area contributed by atoms with Gasteiger partial charge < -0.3 is 19.7 Å². The molecule has 0 bridgehead atoms. The fraction of sp³-hybridized carbons (Fsp3) is 0.500. The van der Waals surface area contributed by atoms with Crippen molar-refractivity contribution in [2.45, 2.75) is 62.2 Å². The maximum atomic E-state index is 10.8. The molecule has 0 aliphatic heterocycles. The quantitative estimate of drug-likeness (QED) is 0.366. The zero-order chi connectivity index (χ0) is 22.7. The largest absolute Gasteiger partial charge is 0.506 e. The predicted octanol–water partition coefficient (Wildman–Crippen LogP) is 6.59. The standard InChI is InChI=1S/C24H34O4S2/c1-23(2,3)17-11-15(27-7)13-19(21(17)25)29-9-10-30-20-14-16(28-8)12-18(22(20)26)24(4,5)6/h11-14,25-26H,9-10H2,1-8H3. The minimum absolute atomic E-state index is 0.182. The lowest BCUT2D eigenvalue weighted by atomic mass is 9.86. The highest BCUT2D eigenvalue weighted by molar-refractivity contribution is 8.03. The van der Waals surface area contributed by atoms with Crippen LogP contribution in [-0.2, 0) is 10.8 Å². The summed E-state index contributed by atoms with van der Waals surface area (Å²) in [4.78, 5) is 1.62. The Bertz CT molecular complexity index is 807. The van der Waals surface area contributed by atoms with Crippen LogP contribution in [0.5, 0.6) is 23.0 Å². The molecule has 30 heavy (non-hydrogen) atoms. The normalized spacial score (nSPS) is 12.1. The molecule has 2 N–H and O–H groups in total. The van der Waals surface area contributed by atoms with Crippen molar-refractivity contribution in [3.63, 3.8) is 0 Å². The molecule has 0 unspecified atom stereocenters. The molecule has 2 rings (SSSR count). The van der Waals surface area contributed by atoms with E-state index < -0.39 is 0 Å². The minimum atomic E-state index is -0.182. The maximum absolute atomic E-state index is 10.8. The van der Waals surface area contributed by atoms with Crippen molar-refractivity contribution < 1.29 is 19.7 Å². The van der Waals surface area contributed by atoms with Crippen molar-refractivity contribution in [1.29, 1.82) is 0 Å². The van der Waals surface area contributed by atoms with E-state index in [2.05, 4.69) is 41.5 Å². The summed E-state index contributed by atoms with van der Waals surface area (Å²) in [6.07, 6.45) is 0. The molecular formula is C24H34O4S2. The van der Waals surface area contributed by atoms with E-state index in [1.807, 2.05) is 24.3 Å². The van der Waals surface area contributed by atoms with Crippen LogP contribution in [0.4, 0.5) is 0 Å². The Morgan fingerprint density at radius 2 is 1.00 bits per heavy atom. The lowest BCUT2D eigenvalue weighted by molar-refractivity contribution is 0.400. The smallest absolute Gasteiger partial charge is 0.133 e. The second kappa shape index (κ2) is 9.65. The molecule has 6 heteroatoms. The first kappa shape index (κ1) is 24.6. The molecule has 0 fully saturated rings. The average Bonchev–Trinajstić information content (AvgIpc) is 2.65. The number of phenols is 2. The first-order valence-electron chi connectivity index (χ1n) is 9.97. The molecule has 0 amide bonds. The molecular weight excluding hydrogens is 416 g/mol. The van der Waals surface area contributed by atoms with E-state index >= 15 is 0 Å². The molecule has 0 aliphatic rings. The lowest BCUT2D eigenvalue weighted by Crippen LogP contribution is -2.12. The second-order valence-electron chi connectivity index (χ2n) is 9.24. The zero-order valence-electron chi connectivity index (χ0n) is 19.3. The van der Waals surface area contributed by atoms with E-state index in [-0.39, 0.29) is 10.8 Å². The first-order chi connectivity index (χ1) is 13.9. The fourth-order valence-electron chi connectivity index (χ4n) is 3.07. The number of thioether (sulfide) groups is 2. The van der Waals surface area contributed by atoms with E-state index in [9.17, 15) is 10.2 Å². The second-order valence-corrected chi connectivity index (χ2v) is 11.5. The summed E-state index contributed by atoms with van der Waals surface area (Å²) >= 11 is 3.18. The predicted molar refractivity (Wildman–Crippen MR) is 128 cm³/mol. The van der Waals surface area contributed by atoms with Gasteiger partial charge in [-0.1, -0.05) is 41.5 Å². The molecule has 0 heterocycles. The molecule has 4 nitrogen and oxygen atoms in total. The molecule has 0 atom stereocenters. The fourth-order valence-corrected chi connectivity index (χ4v) is 5.07. The van der Waals surface area contributed by atoms with Gasteiger partial charge in [0, 0.05) is 22.6 Å². The van der Waals surface area contributed by atoms with Gasteiger partial charge >= 0.3 is 0 Å². The van der Waals surface area contributed by atoms with E-state index in [1.165, 1.54) is 0 Å². The third kappa shape index (κ3) is 5.94. The van der Waals surface area contributed by atoms with Crippen molar-refractivity contribution in [2.75, 3.05) is 25.7 Å². The highest BCUT2D eigenvalue weighted by Gasteiger charge is 2.23. The molecule has 0 saturated carbocycles. The van der Waals surface area contributed by atoms with Gasteiger partial charge in [-0.15, -0.1) is 23.5 Å². The Morgan fingerprint density at radius 3 is 1.27 bits per heavy atom. The van der Waals surface area contributed by atoms with Crippen molar-refractivity contribution >= 4 is 23.5 Å². The van der Waals surface area contributed by atoms with Crippen LogP contribution in [-0.4, -0.2) is 35.9 Å². The summed E-state index contributed by atoms with van der Waals surface area (Å²) < 4.78 is 10.9. The third-order valence-corrected chi connectivity index (χ3v) is 7.10. The number of benzene rings is 2. The molecule has 166 valence electrons. The number of ether oxygens (including phenoxy) is 2. The van der Waals surface area contributed by atoms with Crippen LogP contribution < -0.4 is 9.47 Å². The van der Waals surface area contributed by atoms with E-state index in [0.717, 1.165) is 43.9 Å². The Kier molecular flexibility index (Phi) is 7.91. The van der Waals surface area contributed by atoms with Gasteiger partial charge in [-0.3, -0.25) is 0 Å². The van der Waals surface area contributed by atoms with Crippen LogP contribution in [0.2, 0.25) is 0 Å². The summed E-state index contributed by atoms with van der Waals surface area (Å²) in [6, 6.07) is 7.55. The summed E-state index contributed by atoms with van der Waals surface area (Å²) in [6.45, 7) is 12.4. The SMILES string of the molecule is COc1cc(SCCSc2cc(OC)cc(C(C)(C)C)c2O)c(O)c(C(C)(C)C)c1. The Labute approximate surface area is 189 Å². The van der Waals surface area contributed by atoms with E-state index in [4.69, 9.17) is 9.47 Å². The van der Waals surface area contributed by atoms with Crippen molar-refractivity contribution in [2.24, 2.45) is 0 Å². The van der Waals surface area contributed by atoms with Crippen LogP contribution in [0.1, 0.15) is 52.7 Å². The Balaban J connectivity index is 2.16. The van der Waals surface area contributed by atoms with Gasteiger partial charge in [0.2, 0.25) is 0 Å². The summed E-state index contributed by atoms with van der Waals surface area (Å²) in [5, 5.41) is 21.5. The number of rotatable bonds is 7. The highest BCUT2D eigenvalue weighted by Crippen LogP contribution is 2.43. The van der Waals surface area contributed by atoms with Gasteiger partial charge in [0.25, 0.3) is 0 Å². The Hall–Kier alpha value is -1.66. The van der Waals surface area contributed by atoms with Gasteiger partial charge in [-0.25, -0.2) is 0 Å². The molecule has 0 aromatic heterocycles. The van der Waals surface area contributed by atoms with Crippen LogP contribution in [0.25, 0.3) is 0 Å². The number of hydrogen-bond donors (Lipinski definition) is 2. The van der Waals surface area contributed by atoms with E-state index in [0.29, 0.717) is 11.5 Å². The summed E-state index contributed by atoms with van der Waals surface area (Å²) in [5.41, 5.74) is 1.38. The van der Waals surface area contributed by atoms with Crippen molar-refractivity contribution in [3.05, 3.63) is 35.4 Å². The lowest BCUT2D eigenvalue weighted by Gasteiger charge is -2.23.